The van der Waals surface area contributed by atoms with Gasteiger partial charge in [-0.1, -0.05) is 29.8 Å². The highest BCUT2D eigenvalue weighted by molar-refractivity contribution is 5.37. The van der Waals surface area contributed by atoms with Crippen molar-refractivity contribution < 1.29 is 0 Å². The molecule has 0 bridgehead atoms. The lowest BCUT2D eigenvalue weighted by atomic mass is 10.1. The number of anilines is 1. The highest BCUT2D eigenvalue weighted by atomic mass is 15.0. The number of rotatable bonds is 4. The molecule has 0 spiro atoms. The molecule has 1 N–H and O–H groups in total. The first kappa shape index (κ1) is 11.6. The minimum absolute atomic E-state index is 0.917. The molecule has 2 rings (SSSR count). The fourth-order valence-corrected chi connectivity index (χ4v) is 1.84. The summed E-state index contributed by atoms with van der Waals surface area (Å²) in [5.41, 5.74) is 3.92. The number of pyridine rings is 1. The van der Waals surface area contributed by atoms with E-state index in [0.29, 0.717) is 0 Å². The second-order valence-electron chi connectivity index (χ2n) is 4.38. The van der Waals surface area contributed by atoms with Crippen molar-refractivity contribution in [2.24, 2.45) is 0 Å². The summed E-state index contributed by atoms with van der Waals surface area (Å²) in [5, 5.41) is 3.34. The van der Waals surface area contributed by atoms with Gasteiger partial charge in [0.05, 0.1) is 0 Å². The Kier molecular flexibility index (Phi) is 3.76. The van der Waals surface area contributed by atoms with Gasteiger partial charge in [0, 0.05) is 12.7 Å². The Morgan fingerprint density at radius 1 is 1.06 bits per heavy atom. The first-order valence-corrected chi connectivity index (χ1v) is 5.96. The van der Waals surface area contributed by atoms with Crippen molar-refractivity contribution >= 4 is 5.82 Å². The Labute approximate surface area is 103 Å². The normalized spacial score (nSPS) is 10.2. The third-order valence-corrected chi connectivity index (χ3v) is 2.72. The van der Waals surface area contributed by atoms with Gasteiger partial charge in [0.25, 0.3) is 0 Å². The van der Waals surface area contributed by atoms with E-state index in [2.05, 4.69) is 54.5 Å². The summed E-state index contributed by atoms with van der Waals surface area (Å²) >= 11 is 0. The van der Waals surface area contributed by atoms with Gasteiger partial charge in [0.1, 0.15) is 5.82 Å². The number of aryl methyl sites for hydroxylation is 2. The van der Waals surface area contributed by atoms with Crippen molar-refractivity contribution in [2.45, 2.75) is 20.3 Å². The summed E-state index contributed by atoms with van der Waals surface area (Å²) < 4.78 is 0. The molecular weight excluding hydrogens is 208 g/mol. The molecule has 0 amide bonds. The molecule has 0 saturated heterocycles. The molecule has 17 heavy (non-hydrogen) atoms. The molecule has 1 aromatic carbocycles. The molecule has 0 radical (unpaired) electrons. The van der Waals surface area contributed by atoms with Crippen LogP contribution < -0.4 is 5.32 Å². The Morgan fingerprint density at radius 3 is 2.65 bits per heavy atom. The van der Waals surface area contributed by atoms with Gasteiger partial charge in [0.2, 0.25) is 0 Å². The maximum absolute atomic E-state index is 4.28. The largest absolute Gasteiger partial charge is 0.370 e. The van der Waals surface area contributed by atoms with Crippen LogP contribution >= 0.6 is 0 Å². The van der Waals surface area contributed by atoms with E-state index in [9.17, 15) is 0 Å². The number of nitrogens with one attached hydrogen (secondary N) is 1. The summed E-state index contributed by atoms with van der Waals surface area (Å²) in [6, 6.07) is 12.7. The Bertz CT molecular complexity index is 446. The van der Waals surface area contributed by atoms with Crippen LogP contribution in [0.4, 0.5) is 5.82 Å². The summed E-state index contributed by atoms with van der Waals surface area (Å²) in [6.07, 6.45) is 2.86. The van der Waals surface area contributed by atoms with Gasteiger partial charge in [-0.2, -0.15) is 0 Å². The lowest BCUT2D eigenvalue weighted by Crippen LogP contribution is -2.06. The van der Waals surface area contributed by atoms with Crippen molar-refractivity contribution in [3.05, 3.63) is 59.3 Å². The van der Waals surface area contributed by atoms with Crippen LogP contribution in [0.25, 0.3) is 0 Å². The average Bonchev–Trinajstić information content (AvgIpc) is 2.29. The van der Waals surface area contributed by atoms with E-state index in [1.165, 1.54) is 16.7 Å². The second kappa shape index (κ2) is 5.48. The lowest BCUT2D eigenvalue weighted by molar-refractivity contribution is 1.00. The van der Waals surface area contributed by atoms with Crippen LogP contribution in [0.15, 0.2) is 42.6 Å². The summed E-state index contributed by atoms with van der Waals surface area (Å²) in [5.74, 6) is 0.956. The van der Waals surface area contributed by atoms with Gasteiger partial charge in [-0.15, -0.1) is 0 Å². The Balaban J connectivity index is 1.87. The number of nitrogens with zero attached hydrogens (tertiary/aromatic N) is 1. The predicted octanol–water partition coefficient (Wildman–Crippen LogP) is 3.35. The molecule has 1 aromatic heterocycles. The van der Waals surface area contributed by atoms with Crippen LogP contribution in [-0.4, -0.2) is 11.5 Å². The van der Waals surface area contributed by atoms with Crippen LogP contribution in [0.3, 0.4) is 0 Å². The maximum atomic E-state index is 4.28. The van der Waals surface area contributed by atoms with Gasteiger partial charge in [-0.05, 0) is 43.5 Å². The molecule has 1 heterocycles. The lowest BCUT2D eigenvalue weighted by Gasteiger charge is -2.06. The number of benzene rings is 1. The summed E-state index contributed by atoms with van der Waals surface area (Å²) in [4.78, 5) is 4.28. The van der Waals surface area contributed by atoms with Gasteiger partial charge in [-0.25, -0.2) is 4.98 Å². The number of hydrogen-bond donors (Lipinski definition) is 1. The zero-order valence-corrected chi connectivity index (χ0v) is 10.4. The zero-order valence-electron chi connectivity index (χ0n) is 10.4. The molecule has 0 aliphatic rings. The standard InChI is InChI=1S/C15H18N2/c1-12-4-3-5-14(10-12)7-9-17-15-11-13(2)6-8-16-15/h3-6,8,10-11H,7,9H2,1-2H3,(H,16,17). The van der Waals surface area contributed by atoms with Crippen molar-refractivity contribution in [3.63, 3.8) is 0 Å². The molecule has 0 atom stereocenters. The molecule has 2 nitrogen and oxygen atoms in total. The van der Waals surface area contributed by atoms with Gasteiger partial charge >= 0.3 is 0 Å². The van der Waals surface area contributed by atoms with Crippen molar-refractivity contribution in [1.29, 1.82) is 0 Å². The fraction of sp³-hybridized carbons (Fsp3) is 0.267. The predicted molar refractivity (Wildman–Crippen MR) is 72.3 cm³/mol. The van der Waals surface area contributed by atoms with Crippen molar-refractivity contribution in [3.8, 4) is 0 Å². The Hall–Kier alpha value is -1.83. The molecule has 0 aliphatic heterocycles. The topological polar surface area (TPSA) is 24.9 Å². The molecule has 0 saturated carbocycles. The van der Waals surface area contributed by atoms with Gasteiger partial charge < -0.3 is 5.32 Å². The van der Waals surface area contributed by atoms with E-state index in [1.54, 1.807) is 0 Å². The van der Waals surface area contributed by atoms with Crippen LogP contribution in [0.1, 0.15) is 16.7 Å². The van der Waals surface area contributed by atoms with Crippen molar-refractivity contribution in [1.82, 2.24) is 4.98 Å². The van der Waals surface area contributed by atoms with Crippen LogP contribution in [0.2, 0.25) is 0 Å². The van der Waals surface area contributed by atoms with Gasteiger partial charge in [0.15, 0.2) is 0 Å². The van der Waals surface area contributed by atoms with E-state index in [0.717, 1.165) is 18.8 Å². The van der Waals surface area contributed by atoms with Crippen LogP contribution in [-0.2, 0) is 6.42 Å². The smallest absolute Gasteiger partial charge is 0.126 e. The van der Waals surface area contributed by atoms with E-state index >= 15 is 0 Å². The molecular formula is C15H18N2. The molecule has 0 aliphatic carbocycles. The number of hydrogen-bond acceptors (Lipinski definition) is 2. The summed E-state index contributed by atoms with van der Waals surface area (Å²) in [7, 11) is 0. The third-order valence-electron chi connectivity index (χ3n) is 2.72. The van der Waals surface area contributed by atoms with E-state index in [1.807, 2.05) is 12.3 Å². The maximum Gasteiger partial charge on any atom is 0.126 e. The zero-order chi connectivity index (χ0) is 12.1. The van der Waals surface area contributed by atoms with E-state index in [4.69, 9.17) is 0 Å². The van der Waals surface area contributed by atoms with E-state index in [-0.39, 0.29) is 0 Å². The highest BCUT2D eigenvalue weighted by Crippen LogP contribution is 2.07. The minimum atomic E-state index is 0.917. The third kappa shape index (κ3) is 3.59. The Morgan fingerprint density at radius 2 is 1.88 bits per heavy atom. The summed E-state index contributed by atoms with van der Waals surface area (Å²) in [6.45, 7) is 5.12. The van der Waals surface area contributed by atoms with Crippen LogP contribution in [0.5, 0.6) is 0 Å². The number of aromatic nitrogens is 1. The first-order valence-electron chi connectivity index (χ1n) is 5.96. The molecule has 0 fully saturated rings. The second-order valence-corrected chi connectivity index (χ2v) is 4.38. The van der Waals surface area contributed by atoms with Crippen LogP contribution in [0, 0.1) is 13.8 Å². The SMILES string of the molecule is Cc1cccc(CCNc2cc(C)ccn2)c1. The molecule has 0 unspecified atom stereocenters. The minimum Gasteiger partial charge on any atom is -0.370 e. The molecule has 88 valence electrons. The molecule has 2 aromatic rings. The first-order chi connectivity index (χ1) is 8.24. The highest BCUT2D eigenvalue weighted by Gasteiger charge is 1.95. The molecule has 2 heteroatoms. The quantitative estimate of drug-likeness (QED) is 0.864. The fourth-order valence-electron chi connectivity index (χ4n) is 1.84. The average molecular weight is 226 g/mol. The van der Waals surface area contributed by atoms with Gasteiger partial charge in [-0.3, -0.25) is 0 Å². The van der Waals surface area contributed by atoms with Crippen molar-refractivity contribution in [2.75, 3.05) is 11.9 Å². The monoisotopic (exact) mass is 226 g/mol. The van der Waals surface area contributed by atoms with E-state index < -0.39 is 0 Å².